The molecule has 3 unspecified atom stereocenters. The highest BCUT2D eigenvalue weighted by Crippen LogP contribution is 2.22. The molecule has 0 amide bonds. The van der Waals surface area contributed by atoms with Crippen LogP contribution in [0, 0.1) is 6.92 Å². The van der Waals surface area contributed by atoms with Crippen molar-refractivity contribution in [2.45, 2.75) is 61.8 Å². The Labute approximate surface area is 143 Å². The summed E-state index contributed by atoms with van der Waals surface area (Å²) in [6, 6.07) is 6.99. The topological polar surface area (TPSA) is 87.7 Å². The Morgan fingerprint density at radius 3 is 2.54 bits per heavy atom. The molecule has 0 bridgehead atoms. The van der Waals surface area contributed by atoms with E-state index in [0.717, 1.165) is 18.4 Å². The summed E-state index contributed by atoms with van der Waals surface area (Å²) in [6.45, 7) is 2.39. The van der Waals surface area contributed by atoms with Crippen molar-refractivity contribution in [1.29, 1.82) is 0 Å². The molecule has 3 N–H and O–H groups in total. The average molecular weight is 354 g/mol. The Morgan fingerprint density at radius 2 is 1.88 bits per heavy atom. The van der Waals surface area contributed by atoms with E-state index in [4.69, 9.17) is 4.74 Å². The molecule has 7 heteroatoms. The molecular formula is C17H26N2O4S. The van der Waals surface area contributed by atoms with Crippen LogP contribution >= 0.6 is 0 Å². The molecule has 0 aromatic heterocycles. The summed E-state index contributed by atoms with van der Waals surface area (Å²) in [6.07, 6.45) is 3.49. The third-order valence-electron chi connectivity index (χ3n) is 4.89. The van der Waals surface area contributed by atoms with Crippen molar-refractivity contribution in [2.75, 3.05) is 13.2 Å². The highest BCUT2D eigenvalue weighted by molar-refractivity contribution is 7.89. The van der Waals surface area contributed by atoms with Gasteiger partial charge in [0.25, 0.3) is 0 Å². The number of aryl methyl sites for hydroxylation is 1. The molecule has 134 valence electrons. The number of aliphatic hydroxyl groups is 1. The van der Waals surface area contributed by atoms with Gasteiger partial charge in [-0.15, -0.1) is 0 Å². The molecule has 0 radical (unpaired) electrons. The van der Waals surface area contributed by atoms with Crippen LogP contribution in [-0.2, 0) is 14.8 Å². The molecule has 1 saturated carbocycles. The minimum Gasteiger partial charge on any atom is -0.389 e. The molecular weight excluding hydrogens is 328 g/mol. The van der Waals surface area contributed by atoms with Crippen LogP contribution in [0.5, 0.6) is 0 Å². The highest BCUT2D eigenvalue weighted by Gasteiger charge is 2.37. The lowest BCUT2D eigenvalue weighted by Crippen LogP contribution is -2.47. The molecule has 1 aromatic rings. The summed E-state index contributed by atoms with van der Waals surface area (Å²) in [5.41, 5.74) is 1.00. The van der Waals surface area contributed by atoms with E-state index in [1.165, 1.54) is 12.8 Å². The van der Waals surface area contributed by atoms with Gasteiger partial charge in [-0.25, -0.2) is 13.1 Å². The quantitative estimate of drug-likeness (QED) is 0.707. The summed E-state index contributed by atoms with van der Waals surface area (Å²) in [7, 11) is -3.59. The van der Waals surface area contributed by atoms with E-state index in [0.29, 0.717) is 12.6 Å². The lowest BCUT2D eigenvalue weighted by Gasteiger charge is -2.22. The van der Waals surface area contributed by atoms with Crippen LogP contribution in [0.15, 0.2) is 29.2 Å². The molecule has 3 rings (SSSR count). The predicted octanol–water partition coefficient (Wildman–Crippen LogP) is 0.934. The van der Waals surface area contributed by atoms with Crippen molar-refractivity contribution in [3.05, 3.63) is 29.8 Å². The van der Waals surface area contributed by atoms with Crippen molar-refractivity contribution >= 4 is 10.0 Å². The first kappa shape index (κ1) is 17.8. The number of hydrogen-bond acceptors (Lipinski definition) is 5. The van der Waals surface area contributed by atoms with Gasteiger partial charge in [-0.1, -0.05) is 30.5 Å². The van der Waals surface area contributed by atoms with Gasteiger partial charge in [0.2, 0.25) is 10.0 Å². The first-order chi connectivity index (χ1) is 11.5. The smallest absolute Gasteiger partial charge is 0.240 e. The summed E-state index contributed by atoms with van der Waals surface area (Å²) < 4.78 is 32.7. The van der Waals surface area contributed by atoms with Gasteiger partial charge in [-0.05, 0) is 31.9 Å². The van der Waals surface area contributed by atoms with Crippen LogP contribution < -0.4 is 10.0 Å². The van der Waals surface area contributed by atoms with Crippen LogP contribution in [0.1, 0.15) is 31.2 Å². The molecule has 6 nitrogen and oxygen atoms in total. The maximum absolute atomic E-state index is 12.3. The van der Waals surface area contributed by atoms with E-state index in [-0.39, 0.29) is 17.5 Å². The van der Waals surface area contributed by atoms with Crippen molar-refractivity contribution in [3.8, 4) is 0 Å². The van der Waals surface area contributed by atoms with Gasteiger partial charge in [-0.2, -0.15) is 0 Å². The zero-order valence-electron chi connectivity index (χ0n) is 13.9. The van der Waals surface area contributed by atoms with Gasteiger partial charge in [0, 0.05) is 12.6 Å². The summed E-state index contributed by atoms with van der Waals surface area (Å²) >= 11 is 0. The van der Waals surface area contributed by atoms with Crippen molar-refractivity contribution in [3.63, 3.8) is 0 Å². The number of benzene rings is 1. The molecule has 3 atom stereocenters. The molecule has 1 aliphatic heterocycles. The monoisotopic (exact) mass is 354 g/mol. The third-order valence-corrected chi connectivity index (χ3v) is 6.33. The van der Waals surface area contributed by atoms with Crippen LogP contribution in [0.2, 0.25) is 0 Å². The van der Waals surface area contributed by atoms with Gasteiger partial charge in [0.05, 0.1) is 29.8 Å². The van der Waals surface area contributed by atoms with Crippen molar-refractivity contribution in [1.82, 2.24) is 10.0 Å². The largest absolute Gasteiger partial charge is 0.389 e. The van der Waals surface area contributed by atoms with Crippen molar-refractivity contribution in [2.24, 2.45) is 0 Å². The summed E-state index contributed by atoms with van der Waals surface area (Å²) in [5, 5.41) is 13.8. The number of sulfonamides is 1. The van der Waals surface area contributed by atoms with Crippen LogP contribution in [-0.4, -0.2) is 51.0 Å². The molecule has 1 heterocycles. The Hall–Kier alpha value is -0.990. The lowest BCUT2D eigenvalue weighted by molar-refractivity contribution is 0.0440. The van der Waals surface area contributed by atoms with Gasteiger partial charge in [-0.3, -0.25) is 0 Å². The van der Waals surface area contributed by atoms with E-state index in [2.05, 4.69) is 10.0 Å². The van der Waals surface area contributed by atoms with Gasteiger partial charge >= 0.3 is 0 Å². The maximum atomic E-state index is 12.3. The van der Waals surface area contributed by atoms with Gasteiger partial charge in [0.15, 0.2) is 0 Å². The number of hydrogen-bond donors (Lipinski definition) is 3. The Balaban J connectivity index is 1.53. The average Bonchev–Trinajstić information content (AvgIpc) is 3.18. The normalized spacial score (nSPS) is 28.5. The number of nitrogens with one attached hydrogen (secondary N) is 2. The number of rotatable bonds is 6. The Morgan fingerprint density at radius 1 is 1.21 bits per heavy atom. The Kier molecular flexibility index (Phi) is 5.56. The maximum Gasteiger partial charge on any atom is 0.240 e. The molecule has 24 heavy (non-hydrogen) atoms. The second-order valence-corrected chi connectivity index (χ2v) is 8.55. The fourth-order valence-corrected chi connectivity index (χ4v) is 4.44. The van der Waals surface area contributed by atoms with E-state index < -0.39 is 22.2 Å². The molecule has 0 spiro atoms. The van der Waals surface area contributed by atoms with Crippen molar-refractivity contribution < 1.29 is 18.3 Å². The SMILES string of the molecule is Cc1ccc(S(=O)(=O)NCC2OCC(NC3CCCC3)C2O)cc1. The van der Waals surface area contributed by atoms with Gasteiger partial charge < -0.3 is 15.2 Å². The highest BCUT2D eigenvalue weighted by atomic mass is 32.2. The lowest BCUT2D eigenvalue weighted by atomic mass is 10.1. The fraction of sp³-hybridized carbons (Fsp3) is 0.647. The molecule has 1 aromatic carbocycles. The Bertz CT molecular complexity index is 641. The van der Waals surface area contributed by atoms with Crippen LogP contribution in [0.3, 0.4) is 0 Å². The molecule has 2 aliphatic rings. The standard InChI is InChI=1S/C17H26N2O4S/c1-12-6-8-14(9-7-12)24(21,22)18-10-16-17(20)15(11-23-16)19-13-4-2-3-5-13/h6-9,13,15-20H,2-5,10-11H2,1H3. The molecule has 2 fully saturated rings. The summed E-state index contributed by atoms with van der Waals surface area (Å²) in [5.74, 6) is 0. The minimum absolute atomic E-state index is 0.0697. The fourth-order valence-electron chi connectivity index (χ4n) is 3.40. The second kappa shape index (κ2) is 7.49. The van der Waals surface area contributed by atoms with E-state index >= 15 is 0 Å². The number of aliphatic hydroxyl groups excluding tert-OH is 1. The minimum atomic E-state index is -3.59. The van der Waals surface area contributed by atoms with Gasteiger partial charge in [0.1, 0.15) is 0 Å². The zero-order valence-corrected chi connectivity index (χ0v) is 14.8. The molecule has 1 saturated heterocycles. The molecule has 1 aliphatic carbocycles. The first-order valence-corrected chi connectivity index (χ1v) is 10.1. The number of ether oxygens (including phenoxy) is 1. The summed E-state index contributed by atoms with van der Waals surface area (Å²) in [4.78, 5) is 0.223. The third kappa shape index (κ3) is 4.15. The predicted molar refractivity (Wildman–Crippen MR) is 91.3 cm³/mol. The first-order valence-electron chi connectivity index (χ1n) is 8.58. The van der Waals surface area contributed by atoms with E-state index in [1.54, 1.807) is 24.3 Å². The van der Waals surface area contributed by atoms with Crippen LogP contribution in [0.25, 0.3) is 0 Å². The zero-order chi connectivity index (χ0) is 17.2. The second-order valence-electron chi connectivity index (χ2n) is 6.78. The van der Waals surface area contributed by atoms with E-state index in [9.17, 15) is 13.5 Å². The van der Waals surface area contributed by atoms with E-state index in [1.807, 2.05) is 6.92 Å². The van der Waals surface area contributed by atoms with Crippen LogP contribution in [0.4, 0.5) is 0 Å².